The molecule has 1 atom stereocenters. The maximum absolute atomic E-state index is 13.8. The van der Waals surface area contributed by atoms with E-state index in [0.29, 0.717) is 44.8 Å². The zero-order chi connectivity index (χ0) is 25.3. The van der Waals surface area contributed by atoms with Gasteiger partial charge >= 0.3 is 6.03 Å². The van der Waals surface area contributed by atoms with Crippen LogP contribution in [0.15, 0.2) is 55.0 Å². The van der Waals surface area contributed by atoms with Crippen LogP contribution in [-0.2, 0) is 11.3 Å². The third kappa shape index (κ3) is 4.39. The second-order valence-corrected chi connectivity index (χ2v) is 9.42. The molecule has 2 fully saturated rings. The fourth-order valence-corrected chi connectivity index (χ4v) is 5.12. The number of carbonyl (C=O) groups excluding carboxylic acids is 2. The molecule has 3 amide bonds. The van der Waals surface area contributed by atoms with Crippen molar-refractivity contribution in [2.45, 2.75) is 38.0 Å². The minimum Gasteiger partial charge on any atom is -0.497 e. The second-order valence-electron chi connectivity index (χ2n) is 9.42. The molecule has 36 heavy (non-hydrogen) atoms. The number of carbonyl (C=O) groups is 2. The van der Waals surface area contributed by atoms with E-state index >= 15 is 0 Å². The molecule has 2 aliphatic rings. The predicted molar refractivity (Wildman–Crippen MR) is 133 cm³/mol. The predicted octanol–water partition coefficient (Wildman–Crippen LogP) is 2.66. The van der Waals surface area contributed by atoms with Gasteiger partial charge in [-0.25, -0.2) is 9.78 Å². The van der Waals surface area contributed by atoms with E-state index in [9.17, 15) is 14.7 Å². The number of likely N-dealkylation sites (tertiary alicyclic amines) is 1. The third-order valence-electron chi connectivity index (χ3n) is 7.18. The van der Waals surface area contributed by atoms with E-state index in [0.717, 1.165) is 22.4 Å². The number of aliphatic hydroxyl groups is 1. The Kier molecular flexibility index (Phi) is 6.36. The molecule has 0 saturated carbocycles. The maximum atomic E-state index is 13.8. The van der Waals surface area contributed by atoms with E-state index in [1.165, 1.54) is 6.92 Å². The molecule has 0 aliphatic carbocycles. The Hall–Kier alpha value is -3.92. The summed E-state index contributed by atoms with van der Waals surface area (Å²) in [5, 5.41) is 16.5. The summed E-state index contributed by atoms with van der Waals surface area (Å²) in [6, 6.07) is 11.4. The van der Waals surface area contributed by atoms with Crippen LogP contribution in [0, 0.1) is 0 Å². The van der Waals surface area contributed by atoms with Crippen molar-refractivity contribution in [3.63, 3.8) is 0 Å². The SMILES string of the molecule is COc1cccc(CN2C(=O)N(c3ccc(-c4cn[nH]c4)cn3)CC23CCN(C(=O)C(C)O)CC3)c1. The summed E-state index contributed by atoms with van der Waals surface area (Å²) in [7, 11) is 1.62. The number of hydrogen-bond donors (Lipinski definition) is 2. The molecule has 0 radical (unpaired) electrons. The number of piperidine rings is 1. The van der Waals surface area contributed by atoms with E-state index < -0.39 is 11.6 Å². The van der Waals surface area contributed by atoms with Gasteiger partial charge in [-0.2, -0.15) is 5.10 Å². The smallest absolute Gasteiger partial charge is 0.326 e. The number of aromatic amines is 1. The molecule has 4 heterocycles. The van der Waals surface area contributed by atoms with Crippen molar-refractivity contribution in [2.75, 3.05) is 31.6 Å². The Morgan fingerprint density at radius 3 is 2.64 bits per heavy atom. The molecule has 5 rings (SSSR count). The van der Waals surface area contributed by atoms with Crippen molar-refractivity contribution in [1.29, 1.82) is 0 Å². The van der Waals surface area contributed by atoms with E-state index in [1.54, 1.807) is 35.5 Å². The molecule has 1 aromatic carbocycles. The summed E-state index contributed by atoms with van der Waals surface area (Å²) in [6.07, 6.45) is 5.46. The Bertz CT molecular complexity index is 1220. The van der Waals surface area contributed by atoms with Crippen LogP contribution in [-0.4, -0.2) is 80.4 Å². The number of benzene rings is 1. The van der Waals surface area contributed by atoms with Gasteiger partial charge in [0.2, 0.25) is 0 Å². The number of anilines is 1. The van der Waals surface area contributed by atoms with Gasteiger partial charge in [0.25, 0.3) is 5.91 Å². The fourth-order valence-electron chi connectivity index (χ4n) is 5.12. The molecular weight excluding hydrogens is 460 g/mol. The van der Waals surface area contributed by atoms with Gasteiger partial charge in [0.05, 0.1) is 25.4 Å². The van der Waals surface area contributed by atoms with Gasteiger partial charge in [0.15, 0.2) is 0 Å². The first-order valence-corrected chi connectivity index (χ1v) is 12.0. The number of nitrogens with zero attached hydrogens (tertiary/aromatic N) is 5. The van der Waals surface area contributed by atoms with Gasteiger partial charge in [-0.15, -0.1) is 0 Å². The Morgan fingerprint density at radius 1 is 1.19 bits per heavy atom. The molecule has 1 unspecified atom stereocenters. The molecule has 10 heteroatoms. The molecule has 2 saturated heterocycles. The molecule has 0 bridgehead atoms. The summed E-state index contributed by atoms with van der Waals surface area (Å²) < 4.78 is 5.38. The van der Waals surface area contributed by atoms with Crippen molar-refractivity contribution in [3.8, 4) is 16.9 Å². The number of methoxy groups -OCH3 is 1. The highest BCUT2D eigenvalue weighted by Gasteiger charge is 2.52. The lowest BCUT2D eigenvalue weighted by atomic mass is 9.86. The summed E-state index contributed by atoms with van der Waals surface area (Å²) >= 11 is 0. The lowest BCUT2D eigenvalue weighted by Crippen LogP contribution is -2.56. The van der Waals surface area contributed by atoms with Gasteiger partial charge in [-0.3, -0.25) is 14.8 Å². The van der Waals surface area contributed by atoms with Crippen LogP contribution in [0.5, 0.6) is 5.75 Å². The summed E-state index contributed by atoms with van der Waals surface area (Å²) in [5.41, 5.74) is 2.34. The number of H-pyrrole nitrogens is 1. The minimum absolute atomic E-state index is 0.114. The third-order valence-corrected chi connectivity index (χ3v) is 7.18. The zero-order valence-corrected chi connectivity index (χ0v) is 20.4. The van der Waals surface area contributed by atoms with Gasteiger partial charge < -0.3 is 19.6 Å². The van der Waals surface area contributed by atoms with Gasteiger partial charge in [-0.1, -0.05) is 12.1 Å². The van der Waals surface area contributed by atoms with Crippen LogP contribution in [0.4, 0.5) is 10.6 Å². The topological polar surface area (TPSA) is 115 Å². The Labute approximate surface area is 209 Å². The van der Waals surface area contributed by atoms with Gasteiger partial charge in [0, 0.05) is 43.2 Å². The quantitative estimate of drug-likeness (QED) is 0.549. The van der Waals surface area contributed by atoms with Crippen LogP contribution in [0.3, 0.4) is 0 Å². The first-order valence-electron chi connectivity index (χ1n) is 12.0. The molecule has 2 N–H and O–H groups in total. The largest absolute Gasteiger partial charge is 0.497 e. The number of aliphatic hydroxyl groups excluding tert-OH is 1. The van der Waals surface area contributed by atoms with Crippen LogP contribution in [0.1, 0.15) is 25.3 Å². The molecular formula is C26H30N6O4. The number of aromatic nitrogens is 3. The number of amides is 3. The lowest BCUT2D eigenvalue weighted by molar-refractivity contribution is -0.141. The average molecular weight is 491 g/mol. The van der Waals surface area contributed by atoms with Crippen molar-refractivity contribution in [2.24, 2.45) is 0 Å². The molecule has 1 spiro atoms. The fraction of sp³-hybridized carbons (Fsp3) is 0.385. The highest BCUT2D eigenvalue weighted by Crippen LogP contribution is 2.39. The van der Waals surface area contributed by atoms with Crippen molar-refractivity contribution < 1.29 is 19.4 Å². The van der Waals surface area contributed by atoms with Crippen LogP contribution in [0.25, 0.3) is 11.1 Å². The van der Waals surface area contributed by atoms with Gasteiger partial charge in [0.1, 0.15) is 17.7 Å². The van der Waals surface area contributed by atoms with E-state index in [2.05, 4.69) is 15.2 Å². The minimum atomic E-state index is -1.04. The van der Waals surface area contributed by atoms with Crippen LogP contribution in [0.2, 0.25) is 0 Å². The number of ether oxygens (including phenoxy) is 1. The van der Waals surface area contributed by atoms with E-state index in [-0.39, 0.29) is 11.9 Å². The average Bonchev–Trinajstić information content (AvgIpc) is 3.53. The molecule has 3 aromatic rings. The van der Waals surface area contributed by atoms with E-state index in [1.807, 2.05) is 41.3 Å². The zero-order valence-electron chi connectivity index (χ0n) is 20.4. The highest BCUT2D eigenvalue weighted by atomic mass is 16.5. The Balaban J connectivity index is 1.43. The van der Waals surface area contributed by atoms with Crippen molar-refractivity contribution in [1.82, 2.24) is 25.0 Å². The first kappa shape index (κ1) is 23.8. The summed E-state index contributed by atoms with van der Waals surface area (Å²) in [4.78, 5) is 36.1. The summed E-state index contributed by atoms with van der Waals surface area (Å²) in [6.45, 7) is 3.34. The first-order chi connectivity index (χ1) is 17.4. The van der Waals surface area contributed by atoms with Crippen LogP contribution >= 0.6 is 0 Å². The molecule has 2 aliphatic heterocycles. The number of nitrogens with one attached hydrogen (secondary N) is 1. The van der Waals surface area contributed by atoms with Crippen molar-refractivity contribution >= 4 is 17.8 Å². The van der Waals surface area contributed by atoms with Crippen molar-refractivity contribution in [3.05, 3.63) is 60.6 Å². The number of hydrogen-bond acceptors (Lipinski definition) is 6. The standard InChI is InChI=1S/C26H30N6O4/c1-18(33)24(34)30-10-8-26(9-11-30)17-31(23-7-6-20(13-27-23)21-14-28-29-15-21)25(35)32(26)16-19-4-3-5-22(12-19)36-2/h3-7,12-15,18,33H,8-11,16-17H2,1-2H3,(H,28,29). The second kappa shape index (κ2) is 9.62. The number of urea groups is 1. The molecule has 2 aromatic heterocycles. The summed E-state index contributed by atoms with van der Waals surface area (Å²) in [5.74, 6) is 1.04. The van der Waals surface area contributed by atoms with Crippen LogP contribution < -0.4 is 9.64 Å². The number of rotatable bonds is 6. The number of pyridine rings is 1. The lowest BCUT2D eigenvalue weighted by Gasteiger charge is -2.44. The maximum Gasteiger partial charge on any atom is 0.326 e. The highest BCUT2D eigenvalue weighted by molar-refractivity contribution is 5.94. The molecule has 10 nitrogen and oxygen atoms in total. The van der Waals surface area contributed by atoms with Gasteiger partial charge in [-0.05, 0) is 49.6 Å². The normalized spacial score (nSPS) is 18.1. The molecule has 188 valence electrons. The van der Waals surface area contributed by atoms with E-state index in [4.69, 9.17) is 4.74 Å². The monoisotopic (exact) mass is 490 g/mol. The Morgan fingerprint density at radius 2 is 2.00 bits per heavy atom.